The van der Waals surface area contributed by atoms with Gasteiger partial charge in [-0.15, -0.1) is 0 Å². The zero-order valence-electron chi connectivity index (χ0n) is 13.9. The Morgan fingerprint density at radius 3 is 2.24 bits per heavy atom. The molecule has 0 amide bonds. The van der Waals surface area contributed by atoms with Crippen molar-refractivity contribution in [3.05, 3.63) is 52.4 Å². The highest BCUT2D eigenvalue weighted by molar-refractivity contribution is 5.29. The summed E-state index contributed by atoms with van der Waals surface area (Å²) in [6.07, 6.45) is 0. The number of aryl methyl sites for hydroxylation is 2. The lowest BCUT2D eigenvalue weighted by Crippen LogP contribution is -2.19. The van der Waals surface area contributed by atoms with Crippen LogP contribution in [0.2, 0.25) is 0 Å². The number of rotatable bonds is 4. The van der Waals surface area contributed by atoms with Gasteiger partial charge in [0.1, 0.15) is 5.76 Å². The van der Waals surface area contributed by atoms with Gasteiger partial charge in [0, 0.05) is 18.2 Å². The molecule has 1 aromatic carbocycles. The molecular weight excluding hydrogens is 260 g/mol. The Labute approximate surface area is 127 Å². The average molecular weight is 286 g/mol. The Balaban J connectivity index is 2.02. The summed E-state index contributed by atoms with van der Waals surface area (Å²) < 4.78 is 5.20. The average Bonchev–Trinajstić information content (AvgIpc) is 2.75. The molecule has 114 valence electrons. The molecule has 0 aliphatic heterocycles. The van der Waals surface area contributed by atoms with Crippen LogP contribution in [0, 0.1) is 13.8 Å². The lowest BCUT2D eigenvalue weighted by atomic mass is 9.86. The Morgan fingerprint density at radius 1 is 1.14 bits per heavy atom. The maximum absolute atomic E-state index is 5.20. The zero-order chi connectivity index (χ0) is 15.6. The van der Waals surface area contributed by atoms with Gasteiger partial charge in [-0.05, 0) is 37.3 Å². The van der Waals surface area contributed by atoms with Crippen LogP contribution in [0.1, 0.15) is 61.9 Å². The molecular formula is C18H26N2O. The first kappa shape index (κ1) is 15.8. The molecule has 2 aromatic rings. The summed E-state index contributed by atoms with van der Waals surface area (Å²) in [5.41, 5.74) is 4.99. The number of aromatic nitrogens is 1. The van der Waals surface area contributed by atoms with Crippen LogP contribution >= 0.6 is 0 Å². The van der Waals surface area contributed by atoms with Crippen molar-refractivity contribution in [2.45, 2.75) is 59.5 Å². The smallest absolute Gasteiger partial charge is 0.138 e. The fraction of sp³-hybridized carbons (Fsp3) is 0.500. The van der Waals surface area contributed by atoms with Crippen molar-refractivity contribution in [1.82, 2.24) is 10.5 Å². The van der Waals surface area contributed by atoms with Gasteiger partial charge in [0.05, 0.1) is 5.69 Å². The van der Waals surface area contributed by atoms with E-state index >= 15 is 0 Å². The van der Waals surface area contributed by atoms with Crippen LogP contribution in [0.4, 0.5) is 0 Å². The van der Waals surface area contributed by atoms with Gasteiger partial charge in [0.25, 0.3) is 0 Å². The van der Waals surface area contributed by atoms with E-state index in [0.29, 0.717) is 6.04 Å². The number of hydrogen-bond donors (Lipinski definition) is 1. The highest BCUT2D eigenvalue weighted by Crippen LogP contribution is 2.24. The van der Waals surface area contributed by atoms with E-state index in [1.807, 2.05) is 13.8 Å². The summed E-state index contributed by atoms with van der Waals surface area (Å²) >= 11 is 0. The number of hydrogen-bond acceptors (Lipinski definition) is 3. The Morgan fingerprint density at radius 2 is 1.76 bits per heavy atom. The van der Waals surface area contributed by atoms with Crippen molar-refractivity contribution in [3.8, 4) is 0 Å². The fourth-order valence-electron chi connectivity index (χ4n) is 2.40. The summed E-state index contributed by atoms with van der Waals surface area (Å²) in [7, 11) is 0. The predicted octanol–water partition coefficient (Wildman–Crippen LogP) is 4.44. The third-order valence-electron chi connectivity index (χ3n) is 4.04. The van der Waals surface area contributed by atoms with Crippen LogP contribution in [0.3, 0.4) is 0 Å². The molecule has 0 bridgehead atoms. The van der Waals surface area contributed by atoms with E-state index in [9.17, 15) is 0 Å². The van der Waals surface area contributed by atoms with Crippen molar-refractivity contribution in [3.63, 3.8) is 0 Å². The first-order chi connectivity index (χ1) is 9.79. The van der Waals surface area contributed by atoms with Gasteiger partial charge in [-0.25, -0.2) is 0 Å². The quantitative estimate of drug-likeness (QED) is 0.903. The van der Waals surface area contributed by atoms with Crippen LogP contribution in [0.25, 0.3) is 0 Å². The molecule has 0 saturated heterocycles. The monoisotopic (exact) mass is 286 g/mol. The number of nitrogens with one attached hydrogen (secondary N) is 1. The molecule has 0 aliphatic carbocycles. The maximum Gasteiger partial charge on any atom is 0.138 e. The van der Waals surface area contributed by atoms with E-state index in [-0.39, 0.29) is 5.41 Å². The molecule has 3 heteroatoms. The first-order valence-corrected chi connectivity index (χ1v) is 7.54. The van der Waals surface area contributed by atoms with Gasteiger partial charge in [-0.3, -0.25) is 0 Å². The van der Waals surface area contributed by atoms with Gasteiger partial charge in [0.2, 0.25) is 0 Å². The zero-order valence-corrected chi connectivity index (χ0v) is 13.9. The maximum atomic E-state index is 5.20. The molecule has 1 unspecified atom stereocenters. The molecule has 1 heterocycles. The van der Waals surface area contributed by atoms with Crippen molar-refractivity contribution < 1.29 is 4.52 Å². The van der Waals surface area contributed by atoms with E-state index in [0.717, 1.165) is 23.6 Å². The van der Waals surface area contributed by atoms with E-state index < -0.39 is 0 Å². The molecule has 2 rings (SSSR count). The van der Waals surface area contributed by atoms with Gasteiger partial charge < -0.3 is 9.84 Å². The van der Waals surface area contributed by atoms with Crippen LogP contribution in [0.15, 0.2) is 28.8 Å². The fourth-order valence-corrected chi connectivity index (χ4v) is 2.40. The topological polar surface area (TPSA) is 38.1 Å². The summed E-state index contributed by atoms with van der Waals surface area (Å²) in [6, 6.07) is 9.18. The number of benzene rings is 1. The van der Waals surface area contributed by atoms with E-state index in [1.165, 1.54) is 11.1 Å². The Hall–Kier alpha value is -1.61. The molecule has 21 heavy (non-hydrogen) atoms. The van der Waals surface area contributed by atoms with Crippen LogP contribution < -0.4 is 5.32 Å². The van der Waals surface area contributed by atoms with E-state index in [2.05, 4.69) is 62.4 Å². The molecule has 0 fully saturated rings. The minimum atomic E-state index is 0.200. The van der Waals surface area contributed by atoms with Crippen LogP contribution in [0.5, 0.6) is 0 Å². The van der Waals surface area contributed by atoms with E-state index in [1.54, 1.807) is 0 Å². The lowest BCUT2D eigenvalue weighted by Gasteiger charge is -2.20. The highest BCUT2D eigenvalue weighted by Gasteiger charge is 2.15. The van der Waals surface area contributed by atoms with E-state index in [4.69, 9.17) is 4.52 Å². The SMILES string of the molecule is Cc1noc(C)c1CNC(C)c1ccc(C(C)(C)C)cc1. The molecule has 1 atom stereocenters. The summed E-state index contributed by atoms with van der Waals surface area (Å²) in [5, 5.41) is 7.53. The van der Waals surface area contributed by atoms with Gasteiger partial charge in [-0.2, -0.15) is 0 Å². The Bertz CT molecular complexity index is 571. The largest absolute Gasteiger partial charge is 0.361 e. The second-order valence-electron chi connectivity index (χ2n) is 6.78. The molecule has 0 radical (unpaired) electrons. The van der Waals surface area contributed by atoms with Crippen LogP contribution in [-0.4, -0.2) is 5.16 Å². The summed E-state index contributed by atoms with van der Waals surface area (Å²) in [6.45, 7) is 13.6. The Kier molecular flexibility index (Phi) is 4.52. The predicted molar refractivity (Wildman–Crippen MR) is 86.4 cm³/mol. The van der Waals surface area contributed by atoms with Crippen molar-refractivity contribution in [2.24, 2.45) is 0 Å². The third-order valence-corrected chi connectivity index (χ3v) is 4.04. The molecule has 0 saturated carbocycles. The standard InChI is InChI=1S/C18H26N2O/c1-12(19-11-17-13(2)20-21-14(17)3)15-7-9-16(10-8-15)18(4,5)6/h7-10,12,19H,11H2,1-6H3. The summed E-state index contributed by atoms with van der Waals surface area (Å²) in [4.78, 5) is 0. The highest BCUT2D eigenvalue weighted by atomic mass is 16.5. The molecule has 1 aromatic heterocycles. The van der Waals surface area contributed by atoms with Gasteiger partial charge >= 0.3 is 0 Å². The minimum Gasteiger partial charge on any atom is -0.361 e. The minimum absolute atomic E-state index is 0.200. The molecule has 0 spiro atoms. The molecule has 1 N–H and O–H groups in total. The normalized spacial score (nSPS) is 13.4. The van der Waals surface area contributed by atoms with Gasteiger partial charge in [0.15, 0.2) is 0 Å². The van der Waals surface area contributed by atoms with Crippen molar-refractivity contribution in [1.29, 1.82) is 0 Å². The molecule has 0 aliphatic rings. The second-order valence-corrected chi connectivity index (χ2v) is 6.78. The van der Waals surface area contributed by atoms with Crippen molar-refractivity contribution in [2.75, 3.05) is 0 Å². The van der Waals surface area contributed by atoms with Crippen molar-refractivity contribution >= 4 is 0 Å². The second kappa shape index (κ2) is 6.02. The molecule has 3 nitrogen and oxygen atoms in total. The van der Waals surface area contributed by atoms with Crippen LogP contribution in [-0.2, 0) is 12.0 Å². The first-order valence-electron chi connectivity index (χ1n) is 7.54. The third kappa shape index (κ3) is 3.73. The number of nitrogens with zero attached hydrogens (tertiary/aromatic N) is 1. The van der Waals surface area contributed by atoms with Gasteiger partial charge in [-0.1, -0.05) is 50.2 Å². The summed E-state index contributed by atoms with van der Waals surface area (Å²) in [5.74, 6) is 0.898. The lowest BCUT2D eigenvalue weighted by molar-refractivity contribution is 0.391.